The van der Waals surface area contributed by atoms with Crippen molar-refractivity contribution < 1.29 is 8.78 Å². The molecule has 0 aromatic heterocycles. The minimum Gasteiger partial charge on any atom is -0.309 e. The van der Waals surface area contributed by atoms with E-state index >= 15 is 0 Å². The van der Waals surface area contributed by atoms with Crippen LogP contribution in [0.5, 0.6) is 0 Å². The van der Waals surface area contributed by atoms with Crippen molar-refractivity contribution in [1.29, 1.82) is 0 Å². The normalized spacial score (nSPS) is 24.8. The van der Waals surface area contributed by atoms with Gasteiger partial charge in [-0.15, -0.1) is 0 Å². The van der Waals surface area contributed by atoms with Crippen molar-refractivity contribution >= 4 is 0 Å². The lowest BCUT2D eigenvalue weighted by Gasteiger charge is -2.45. The maximum Gasteiger partial charge on any atom is 0.248 e. The molecule has 0 aromatic rings. The third kappa shape index (κ3) is 3.13. The van der Waals surface area contributed by atoms with Crippen molar-refractivity contribution in [2.45, 2.75) is 70.9 Å². The summed E-state index contributed by atoms with van der Waals surface area (Å²) in [6.45, 7) is 8.41. The van der Waals surface area contributed by atoms with Crippen LogP contribution in [0, 0.1) is 5.92 Å². The summed E-state index contributed by atoms with van der Waals surface area (Å²) in [4.78, 5) is 0. The highest BCUT2D eigenvalue weighted by Gasteiger charge is 2.44. The summed E-state index contributed by atoms with van der Waals surface area (Å²) in [5.74, 6) is -2.02. The second kappa shape index (κ2) is 4.36. The smallest absolute Gasteiger partial charge is 0.248 e. The number of nitrogens with one attached hydrogen (secondary N) is 1. The Hall–Kier alpha value is -0.180. The van der Waals surface area contributed by atoms with E-state index in [1.807, 2.05) is 0 Å². The fraction of sp³-hybridized carbons (Fsp3) is 1.00. The summed E-state index contributed by atoms with van der Waals surface area (Å²) in [5, 5.41) is 3.50. The summed E-state index contributed by atoms with van der Waals surface area (Å²) in [5.41, 5.74) is -0.0736. The van der Waals surface area contributed by atoms with Crippen molar-refractivity contribution in [2.24, 2.45) is 5.92 Å². The van der Waals surface area contributed by atoms with E-state index in [9.17, 15) is 8.78 Å². The number of alkyl halides is 2. The summed E-state index contributed by atoms with van der Waals surface area (Å²) < 4.78 is 26.2. The van der Waals surface area contributed by atoms with Crippen LogP contribution in [0.25, 0.3) is 0 Å². The largest absolute Gasteiger partial charge is 0.309 e. The van der Waals surface area contributed by atoms with E-state index in [0.29, 0.717) is 24.8 Å². The van der Waals surface area contributed by atoms with E-state index in [1.165, 1.54) is 0 Å². The highest BCUT2D eigenvalue weighted by atomic mass is 19.3. The fourth-order valence-electron chi connectivity index (χ4n) is 2.53. The molecule has 1 aliphatic rings. The average Bonchev–Trinajstić information content (AvgIpc) is 2.08. The Kier molecular flexibility index (Phi) is 3.75. The molecule has 1 nitrogen and oxygen atoms in total. The molecular formula is C12H23F2N. The van der Waals surface area contributed by atoms with Gasteiger partial charge < -0.3 is 5.32 Å². The molecule has 0 unspecified atom stereocenters. The topological polar surface area (TPSA) is 12.0 Å². The van der Waals surface area contributed by atoms with E-state index in [2.05, 4.69) is 33.0 Å². The molecule has 15 heavy (non-hydrogen) atoms. The Morgan fingerprint density at radius 2 is 1.40 bits per heavy atom. The van der Waals surface area contributed by atoms with Gasteiger partial charge in [-0.05, 0) is 18.8 Å². The highest BCUT2D eigenvalue weighted by Crippen LogP contribution is 2.42. The molecule has 0 heterocycles. The maximum atomic E-state index is 13.1. The van der Waals surface area contributed by atoms with Crippen LogP contribution in [0.15, 0.2) is 0 Å². The van der Waals surface area contributed by atoms with Gasteiger partial charge in [-0.25, -0.2) is 8.78 Å². The van der Waals surface area contributed by atoms with Crippen LogP contribution in [-0.2, 0) is 0 Å². The Balaban J connectivity index is 2.69. The Morgan fingerprint density at radius 1 is 0.933 bits per heavy atom. The van der Waals surface area contributed by atoms with Gasteiger partial charge in [0, 0.05) is 24.4 Å². The Morgan fingerprint density at radius 3 is 1.73 bits per heavy atom. The molecular weight excluding hydrogens is 196 g/mol. The third-order valence-electron chi connectivity index (χ3n) is 3.56. The molecule has 1 saturated carbocycles. The van der Waals surface area contributed by atoms with E-state index in [0.717, 1.165) is 0 Å². The molecule has 0 spiro atoms. The summed E-state index contributed by atoms with van der Waals surface area (Å²) in [6, 6.07) is 0.360. The first kappa shape index (κ1) is 12.9. The van der Waals surface area contributed by atoms with E-state index in [-0.39, 0.29) is 18.4 Å². The molecule has 3 heteroatoms. The number of hydrogen-bond acceptors (Lipinski definition) is 1. The molecule has 0 aliphatic heterocycles. The Labute approximate surface area is 91.6 Å². The summed E-state index contributed by atoms with van der Waals surface area (Å²) in [7, 11) is 0. The second-order valence-electron chi connectivity index (χ2n) is 5.47. The molecule has 0 bridgehead atoms. The molecule has 0 amide bonds. The van der Waals surface area contributed by atoms with Crippen molar-refractivity contribution in [2.75, 3.05) is 0 Å². The molecule has 0 radical (unpaired) electrons. The zero-order valence-corrected chi connectivity index (χ0v) is 10.2. The van der Waals surface area contributed by atoms with Crippen LogP contribution in [0.3, 0.4) is 0 Å². The van der Waals surface area contributed by atoms with Gasteiger partial charge >= 0.3 is 0 Å². The summed E-state index contributed by atoms with van der Waals surface area (Å²) in [6.07, 6.45) is 1.25. The van der Waals surface area contributed by atoms with Crippen LogP contribution in [0.2, 0.25) is 0 Å². The van der Waals surface area contributed by atoms with Crippen molar-refractivity contribution in [3.8, 4) is 0 Å². The first-order chi connectivity index (χ1) is 6.77. The average molecular weight is 219 g/mol. The lowest BCUT2D eigenvalue weighted by Crippen LogP contribution is -2.55. The van der Waals surface area contributed by atoms with Crippen molar-refractivity contribution in [3.63, 3.8) is 0 Å². The van der Waals surface area contributed by atoms with Gasteiger partial charge in [0.1, 0.15) is 0 Å². The molecule has 0 atom stereocenters. The minimum absolute atomic E-state index is 0.0326. The van der Waals surface area contributed by atoms with Gasteiger partial charge in [0.25, 0.3) is 0 Å². The first-order valence-corrected chi connectivity index (χ1v) is 5.93. The molecule has 1 fully saturated rings. The van der Waals surface area contributed by atoms with Crippen molar-refractivity contribution in [3.05, 3.63) is 0 Å². The van der Waals surface area contributed by atoms with Crippen LogP contribution in [0.1, 0.15) is 53.4 Å². The van der Waals surface area contributed by atoms with Gasteiger partial charge in [0.15, 0.2) is 0 Å². The zero-order chi connectivity index (χ0) is 11.7. The van der Waals surface area contributed by atoms with Gasteiger partial charge in [0.2, 0.25) is 5.92 Å². The maximum absolute atomic E-state index is 13.1. The van der Waals surface area contributed by atoms with Crippen LogP contribution >= 0.6 is 0 Å². The van der Waals surface area contributed by atoms with Gasteiger partial charge in [-0.2, -0.15) is 0 Å². The molecule has 1 N–H and O–H groups in total. The van der Waals surface area contributed by atoms with Crippen LogP contribution in [0.4, 0.5) is 8.78 Å². The lowest BCUT2D eigenvalue weighted by atomic mass is 9.72. The lowest BCUT2D eigenvalue weighted by molar-refractivity contribution is -0.0646. The number of halogens is 2. The van der Waals surface area contributed by atoms with E-state index in [1.54, 1.807) is 0 Å². The van der Waals surface area contributed by atoms with Crippen molar-refractivity contribution in [1.82, 2.24) is 5.32 Å². The highest BCUT2D eigenvalue weighted by molar-refractivity contribution is 4.98. The SMILES string of the molecule is CC(C)NC1(C(C)C)CCC(F)(F)CC1. The van der Waals surface area contributed by atoms with Crippen LogP contribution in [-0.4, -0.2) is 17.5 Å². The predicted octanol–water partition coefficient (Wildman–Crippen LogP) is 3.59. The van der Waals surface area contributed by atoms with Crippen LogP contribution < -0.4 is 5.32 Å². The fourth-order valence-corrected chi connectivity index (χ4v) is 2.53. The first-order valence-electron chi connectivity index (χ1n) is 5.93. The Bertz CT molecular complexity index is 202. The molecule has 0 aromatic carbocycles. The molecule has 1 rings (SSSR count). The standard InChI is InChI=1S/C12H23F2N/c1-9(2)11(15-10(3)4)5-7-12(13,14)8-6-11/h9-10,15H,5-8H2,1-4H3. The monoisotopic (exact) mass is 219 g/mol. The van der Waals surface area contributed by atoms with Gasteiger partial charge in [-0.3, -0.25) is 0 Å². The third-order valence-corrected chi connectivity index (χ3v) is 3.56. The summed E-state index contributed by atoms with van der Waals surface area (Å²) >= 11 is 0. The molecule has 90 valence electrons. The number of hydrogen-bond donors (Lipinski definition) is 1. The van der Waals surface area contributed by atoms with E-state index < -0.39 is 5.92 Å². The quantitative estimate of drug-likeness (QED) is 0.765. The zero-order valence-electron chi connectivity index (χ0n) is 10.2. The second-order valence-corrected chi connectivity index (χ2v) is 5.47. The van der Waals surface area contributed by atoms with Gasteiger partial charge in [0.05, 0.1) is 0 Å². The van der Waals surface area contributed by atoms with E-state index in [4.69, 9.17) is 0 Å². The molecule has 1 aliphatic carbocycles. The number of rotatable bonds is 3. The molecule has 0 saturated heterocycles. The predicted molar refractivity (Wildman–Crippen MR) is 59.3 cm³/mol. The van der Waals surface area contributed by atoms with Gasteiger partial charge in [-0.1, -0.05) is 27.7 Å². The minimum atomic E-state index is -2.43.